The van der Waals surface area contributed by atoms with Gasteiger partial charge in [0.25, 0.3) is 0 Å². The molecule has 1 saturated carbocycles. The molecule has 0 aliphatic heterocycles. The molecule has 1 aliphatic rings. The van der Waals surface area contributed by atoms with E-state index >= 15 is 0 Å². The van der Waals surface area contributed by atoms with E-state index in [1.54, 1.807) is 20.8 Å². The SMILES string of the molecule is CC1C(C)C(C)C(C)C1C.CCC(C)O.CCC(C)O.CCC(C)O.[Ti]. The number of hydrogen-bond acceptors (Lipinski definition) is 3. The smallest absolute Gasteiger partial charge is 0.0509 e. The summed E-state index contributed by atoms with van der Waals surface area (Å²) in [6.45, 7) is 23.2. The second-order valence-corrected chi connectivity index (χ2v) is 8.07. The van der Waals surface area contributed by atoms with Crippen LogP contribution in [0, 0.1) is 29.6 Å². The van der Waals surface area contributed by atoms with Gasteiger partial charge in [-0.1, -0.05) is 55.4 Å². The van der Waals surface area contributed by atoms with E-state index in [4.69, 9.17) is 15.3 Å². The Morgan fingerprint density at radius 1 is 0.500 bits per heavy atom. The van der Waals surface area contributed by atoms with Crippen molar-refractivity contribution in [2.24, 2.45) is 29.6 Å². The number of aliphatic hydroxyl groups is 3. The van der Waals surface area contributed by atoms with E-state index in [0.717, 1.165) is 48.9 Å². The summed E-state index contributed by atoms with van der Waals surface area (Å²) < 4.78 is 0. The molecule has 3 atom stereocenters. The minimum absolute atomic E-state index is 0. The molecule has 0 saturated heterocycles. The van der Waals surface area contributed by atoms with Gasteiger partial charge < -0.3 is 15.3 Å². The fraction of sp³-hybridized carbons (Fsp3) is 1.00. The maximum absolute atomic E-state index is 8.36. The maximum atomic E-state index is 8.36. The molecule has 4 heteroatoms. The van der Waals surface area contributed by atoms with Crippen molar-refractivity contribution < 1.29 is 37.0 Å². The van der Waals surface area contributed by atoms with Gasteiger partial charge in [-0.3, -0.25) is 0 Å². The molecule has 0 amide bonds. The van der Waals surface area contributed by atoms with E-state index in [2.05, 4.69) is 34.6 Å². The van der Waals surface area contributed by atoms with Crippen LogP contribution in [-0.2, 0) is 21.7 Å². The molecule has 1 aliphatic carbocycles. The Labute approximate surface area is 180 Å². The van der Waals surface area contributed by atoms with Crippen LogP contribution < -0.4 is 0 Å². The minimum atomic E-state index is -0.116. The molecule has 1 rings (SSSR count). The van der Waals surface area contributed by atoms with E-state index in [0.29, 0.717) is 0 Å². The van der Waals surface area contributed by atoms with Crippen molar-refractivity contribution in [3.63, 3.8) is 0 Å². The molecule has 3 nitrogen and oxygen atoms in total. The number of rotatable bonds is 3. The summed E-state index contributed by atoms with van der Waals surface area (Å²) >= 11 is 0. The van der Waals surface area contributed by atoms with Crippen molar-refractivity contribution in [2.45, 2.75) is 114 Å². The third-order valence-corrected chi connectivity index (χ3v) is 5.92. The van der Waals surface area contributed by atoms with Crippen LogP contribution in [0.2, 0.25) is 0 Å². The Kier molecular flexibility index (Phi) is 26.7. The van der Waals surface area contributed by atoms with Crippen LogP contribution in [0.5, 0.6) is 0 Å². The molecule has 0 radical (unpaired) electrons. The van der Waals surface area contributed by atoms with Crippen LogP contribution in [0.1, 0.15) is 95.4 Å². The zero-order valence-electron chi connectivity index (χ0n) is 19.6. The Morgan fingerprint density at radius 3 is 0.615 bits per heavy atom. The molecule has 0 bridgehead atoms. The van der Waals surface area contributed by atoms with Crippen LogP contribution >= 0.6 is 0 Å². The molecular formula is C22H50O3Ti. The van der Waals surface area contributed by atoms with Gasteiger partial charge in [-0.2, -0.15) is 0 Å². The normalized spacial score (nSPS) is 30.0. The number of hydrogen-bond donors (Lipinski definition) is 3. The van der Waals surface area contributed by atoms with Crippen LogP contribution in [0.4, 0.5) is 0 Å². The van der Waals surface area contributed by atoms with Crippen molar-refractivity contribution in [3.8, 4) is 0 Å². The quantitative estimate of drug-likeness (QED) is 0.538. The van der Waals surface area contributed by atoms with Crippen LogP contribution in [0.15, 0.2) is 0 Å². The molecule has 3 unspecified atom stereocenters. The summed E-state index contributed by atoms with van der Waals surface area (Å²) in [5.41, 5.74) is 0. The van der Waals surface area contributed by atoms with Gasteiger partial charge in [-0.25, -0.2) is 0 Å². The zero-order valence-corrected chi connectivity index (χ0v) is 21.1. The molecule has 0 aromatic carbocycles. The van der Waals surface area contributed by atoms with Crippen LogP contribution in [0.3, 0.4) is 0 Å². The minimum Gasteiger partial charge on any atom is -0.393 e. The van der Waals surface area contributed by atoms with Gasteiger partial charge in [0.15, 0.2) is 0 Å². The summed E-state index contributed by atoms with van der Waals surface area (Å²) in [7, 11) is 0. The van der Waals surface area contributed by atoms with Gasteiger partial charge >= 0.3 is 0 Å². The van der Waals surface area contributed by atoms with Crippen molar-refractivity contribution in [2.75, 3.05) is 0 Å². The van der Waals surface area contributed by atoms with E-state index in [-0.39, 0.29) is 40.0 Å². The fourth-order valence-electron chi connectivity index (χ4n) is 2.39. The average Bonchev–Trinajstić information content (AvgIpc) is 2.74. The average molecular weight is 411 g/mol. The van der Waals surface area contributed by atoms with Gasteiger partial charge in [-0.15, -0.1) is 0 Å². The van der Waals surface area contributed by atoms with Gasteiger partial charge in [0.05, 0.1) is 18.3 Å². The summed E-state index contributed by atoms with van der Waals surface area (Å²) in [5, 5.41) is 25.1. The first-order valence-electron chi connectivity index (χ1n) is 10.4. The topological polar surface area (TPSA) is 60.7 Å². The van der Waals surface area contributed by atoms with Crippen LogP contribution in [-0.4, -0.2) is 33.6 Å². The first kappa shape index (κ1) is 34.1. The second kappa shape index (κ2) is 20.3. The zero-order chi connectivity index (χ0) is 20.7. The maximum Gasteiger partial charge on any atom is 0.0509 e. The number of aliphatic hydroxyl groups excluding tert-OH is 3. The van der Waals surface area contributed by atoms with Gasteiger partial charge in [0.2, 0.25) is 0 Å². The standard InChI is InChI=1S/C10H20.3C4H10O.Ti/c1-6-7(2)9(4)10(5)8(6)3;3*1-3-4(2)5;/h6-10H,1-5H3;3*4-5H,3H2,1-2H3;. The summed E-state index contributed by atoms with van der Waals surface area (Å²) in [6, 6.07) is 0. The molecule has 3 N–H and O–H groups in total. The Morgan fingerprint density at radius 2 is 0.577 bits per heavy atom. The molecule has 26 heavy (non-hydrogen) atoms. The molecule has 0 heterocycles. The van der Waals surface area contributed by atoms with E-state index < -0.39 is 0 Å². The van der Waals surface area contributed by atoms with Crippen LogP contribution in [0.25, 0.3) is 0 Å². The second-order valence-electron chi connectivity index (χ2n) is 8.07. The Balaban J connectivity index is -0.000000132. The van der Waals surface area contributed by atoms with Gasteiger partial charge in [0, 0.05) is 21.7 Å². The predicted octanol–water partition coefficient (Wildman–Crippen LogP) is 5.51. The summed E-state index contributed by atoms with van der Waals surface area (Å²) in [4.78, 5) is 0. The third kappa shape index (κ3) is 19.4. The first-order chi connectivity index (χ1) is 11.4. The third-order valence-electron chi connectivity index (χ3n) is 5.92. The first-order valence-corrected chi connectivity index (χ1v) is 10.4. The van der Waals surface area contributed by atoms with Crippen molar-refractivity contribution >= 4 is 0 Å². The molecule has 1 fully saturated rings. The molecule has 160 valence electrons. The van der Waals surface area contributed by atoms with Crippen molar-refractivity contribution in [3.05, 3.63) is 0 Å². The Hall–Kier alpha value is 0.594. The van der Waals surface area contributed by atoms with E-state index in [9.17, 15) is 0 Å². The summed E-state index contributed by atoms with van der Waals surface area (Å²) in [5.74, 6) is 4.68. The van der Waals surface area contributed by atoms with E-state index in [1.807, 2.05) is 20.8 Å². The predicted molar refractivity (Wildman–Crippen MR) is 112 cm³/mol. The largest absolute Gasteiger partial charge is 0.393 e. The van der Waals surface area contributed by atoms with Gasteiger partial charge in [-0.05, 0) is 69.6 Å². The Bertz CT molecular complexity index is 206. The molecule has 0 aromatic heterocycles. The van der Waals surface area contributed by atoms with Crippen molar-refractivity contribution in [1.82, 2.24) is 0 Å². The molecule has 0 aromatic rings. The fourth-order valence-corrected chi connectivity index (χ4v) is 2.39. The molecule has 0 spiro atoms. The molecular weight excluding hydrogens is 360 g/mol. The van der Waals surface area contributed by atoms with Gasteiger partial charge in [0.1, 0.15) is 0 Å². The van der Waals surface area contributed by atoms with E-state index in [1.165, 1.54) is 0 Å². The summed E-state index contributed by atoms with van der Waals surface area (Å²) in [6.07, 6.45) is 2.24. The monoisotopic (exact) mass is 410 g/mol. The van der Waals surface area contributed by atoms with Crippen molar-refractivity contribution in [1.29, 1.82) is 0 Å².